The summed E-state index contributed by atoms with van der Waals surface area (Å²) in [6.45, 7) is 2.00. The van der Waals surface area contributed by atoms with Gasteiger partial charge in [-0.1, -0.05) is 55.0 Å². The molecular weight excluding hydrogens is 512 g/mol. The van der Waals surface area contributed by atoms with Crippen LogP contribution in [0.3, 0.4) is 0 Å². The lowest BCUT2D eigenvalue weighted by Crippen LogP contribution is -2.57. The maximum absolute atomic E-state index is 13.4. The third-order valence-electron chi connectivity index (χ3n) is 6.69. The molecule has 0 aliphatic rings. The van der Waals surface area contributed by atoms with Crippen molar-refractivity contribution in [2.24, 2.45) is 11.5 Å². The molecule has 11 nitrogen and oxygen atoms in total. The van der Waals surface area contributed by atoms with Crippen LogP contribution in [0, 0.1) is 0 Å². The molecule has 0 saturated carbocycles. The van der Waals surface area contributed by atoms with Gasteiger partial charge < -0.3 is 37.5 Å². The van der Waals surface area contributed by atoms with Crippen molar-refractivity contribution in [3.63, 3.8) is 0 Å². The van der Waals surface area contributed by atoms with Crippen LogP contribution in [0.15, 0.2) is 60.8 Å². The van der Waals surface area contributed by atoms with Gasteiger partial charge >= 0.3 is 5.97 Å². The van der Waals surface area contributed by atoms with Crippen LogP contribution in [0.5, 0.6) is 0 Å². The van der Waals surface area contributed by atoms with Crippen LogP contribution in [0.4, 0.5) is 0 Å². The molecule has 9 N–H and O–H groups in total. The van der Waals surface area contributed by atoms with Crippen LogP contribution >= 0.6 is 0 Å². The highest BCUT2D eigenvalue weighted by Gasteiger charge is 2.29. The van der Waals surface area contributed by atoms with Crippen LogP contribution in [0.1, 0.15) is 37.3 Å². The summed E-state index contributed by atoms with van der Waals surface area (Å²) in [7, 11) is 0. The molecule has 0 aliphatic heterocycles. The number of aromatic amines is 1. The molecule has 4 unspecified atom stereocenters. The predicted molar refractivity (Wildman–Crippen MR) is 152 cm³/mol. The van der Waals surface area contributed by atoms with E-state index >= 15 is 0 Å². The number of aromatic nitrogens is 1. The Bertz CT molecular complexity index is 1290. The second-order valence-electron chi connectivity index (χ2n) is 9.84. The van der Waals surface area contributed by atoms with Gasteiger partial charge in [-0.25, -0.2) is 4.79 Å². The summed E-state index contributed by atoms with van der Waals surface area (Å²) in [5.74, 6) is -2.93. The van der Waals surface area contributed by atoms with Gasteiger partial charge in [-0.05, 0) is 43.5 Å². The number of benzene rings is 2. The Morgan fingerprint density at radius 2 is 1.52 bits per heavy atom. The highest BCUT2D eigenvalue weighted by molar-refractivity contribution is 5.94. The molecule has 1 heterocycles. The number of nitrogens with two attached hydrogens (primary N) is 2. The first kappa shape index (κ1) is 30.3. The Balaban J connectivity index is 1.70. The van der Waals surface area contributed by atoms with Crippen LogP contribution < -0.4 is 27.4 Å². The number of hydrogen-bond donors (Lipinski definition) is 7. The van der Waals surface area contributed by atoms with Gasteiger partial charge in [0, 0.05) is 29.9 Å². The Morgan fingerprint density at radius 1 is 0.850 bits per heavy atom. The Hall–Kier alpha value is -4.22. The van der Waals surface area contributed by atoms with E-state index in [9.17, 15) is 24.3 Å². The number of carboxylic acid groups (broad SMARTS) is 1. The van der Waals surface area contributed by atoms with Crippen molar-refractivity contribution < 1.29 is 24.3 Å². The summed E-state index contributed by atoms with van der Waals surface area (Å²) < 4.78 is 0. The molecule has 3 aromatic rings. The van der Waals surface area contributed by atoms with Gasteiger partial charge in [0.05, 0.1) is 6.04 Å². The minimum Gasteiger partial charge on any atom is -0.480 e. The topological polar surface area (TPSA) is 192 Å². The fourth-order valence-electron chi connectivity index (χ4n) is 4.37. The normalized spacial score (nSPS) is 14.1. The minimum atomic E-state index is -1.23. The number of unbranched alkanes of at least 4 members (excludes halogenated alkanes) is 1. The fourth-order valence-corrected chi connectivity index (χ4v) is 4.37. The molecule has 40 heavy (non-hydrogen) atoms. The van der Waals surface area contributed by atoms with Crippen LogP contribution in [0.25, 0.3) is 10.9 Å². The zero-order valence-electron chi connectivity index (χ0n) is 22.6. The Kier molecular flexibility index (Phi) is 11.2. The van der Waals surface area contributed by atoms with E-state index in [0.717, 1.165) is 28.5 Å². The van der Waals surface area contributed by atoms with E-state index in [0.29, 0.717) is 19.4 Å². The number of amides is 3. The number of fused-ring (bicyclic) bond motifs is 1. The lowest BCUT2D eigenvalue weighted by molar-refractivity contribution is -0.142. The van der Waals surface area contributed by atoms with Crippen molar-refractivity contribution in [1.82, 2.24) is 20.9 Å². The van der Waals surface area contributed by atoms with Crippen molar-refractivity contribution in [2.75, 3.05) is 6.54 Å². The number of aliphatic carboxylic acids is 1. The van der Waals surface area contributed by atoms with Gasteiger partial charge in [0.2, 0.25) is 17.7 Å². The van der Waals surface area contributed by atoms with E-state index in [1.54, 1.807) is 30.5 Å². The molecule has 11 heteroatoms. The number of carbonyl (C=O) groups excluding carboxylic acids is 3. The molecule has 3 amide bonds. The van der Waals surface area contributed by atoms with Crippen molar-refractivity contribution >= 4 is 34.6 Å². The monoisotopic (exact) mass is 550 g/mol. The third-order valence-corrected chi connectivity index (χ3v) is 6.69. The number of hydrogen-bond acceptors (Lipinski definition) is 6. The zero-order valence-corrected chi connectivity index (χ0v) is 22.6. The van der Waals surface area contributed by atoms with Crippen LogP contribution in [-0.2, 0) is 32.0 Å². The lowest BCUT2D eigenvalue weighted by Gasteiger charge is -2.24. The Morgan fingerprint density at radius 3 is 2.23 bits per heavy atom. The second-order valence-corrected chi connectivity index (χ2v) is 9.84. The minimum absolute atomic E-state index is 0.0472. The molecule has 1 aromatic heterocycles. The molecule has 0 spiro atoms. The van der Waals surface area contributed by atoms with Gasteiger partial charge in [-0.2, -0.15) is 0 Å². The third kappa shape index (κ3) is 8.65. The van der Waals surface area contributed by atoms with Crippen LogP contribution in [-0.4, -0.2) is 64.5 Å². The second kappa shape index (κ2) is 14.8. The summed E-state index contributed by atoms with van der Waals surface area (Å²) >= 11 is 0. The van der Waals surface area contributed by atoms with Crippen LogP contribution in [0.2, 0.25) is 0 Å². The van der Waals surface area contributed by atoms with E-state index in [-0.39, 0.29) is 12.8 Å². The SMILES string of the molecule is CC(NC(=O)C(N)CCCCN)C(=O)NC(Cc1ccccc1)C(=O)NC(Cc1c[nH]c2ccccc12)C(=O)O. The van der Waals surface area contributed by atoms with Crippen molar-refractivity contribution in [2.45, 2.75) is 63.2 Å². The summed E-state index contributed by atoms with van der Waals surface area (Å²) in [5.41, 5.74) is 13.8. The quantitative estimate of drug-likeness (QED) is 0.137. The van der Waals surface area contributed by atoms with Crippen molar-refractivity contribution in [3.05, 3.63) is 71.9 Å². The maximum atomic E-state index is 13.4. The summed E-state index contributed by atoms with van der Waals surface area (Å²) in [6, 6.07) is 12.4. The number of H-pyrrole nitrogens is 1. The van der Waals surface area contributed by atoms with E-state index in [4.69, 9.17) is 11.5 Å². The van der Waals surface area contributed by atoms with Gasteiger partial charge in [-0.3, -0.25) is 14.4 Å². The number of para-hydroxylation sites is 1. The van der Waals surface area contributed by atoms with Gasteiger partial charge in [0.25, 0.3) is 0 Å². The van der Waals surface area contributed by atoms with Gasteiger partial charge in [0.15, 0.2) is 0 Å². The van der Waals surface area contributed by atoms with E-state index in [1.165, 1.54) is 6.92 Å². The Labute approximate surface area is 233 Å². The summed E-state index contributed by atoms with van der Waals surface area (Å²) in [4.78, 5) is 54.0. The average Bonchev–Trinajstić information content (AvgIpc) is 3.35. The highest BCUT2D eigenvalue weighted by atomic mass is 16.4. The summed E-state index contributed by atoms with van der Waals surface area (Å²) in [6.07, 6.45) is 3.76. The first-order chi connectivity index (χ1) is 19.2. The van der Waals surface area contributed by atoms with E-state index in [2.05, 4.69) is 20.9 Å². The molecule has 0 saturated heterocycles. The molecule has 0 fully saturated rings. The highest BCUT2D eigenvalue weighted by Crippen LogP contribution is 2.19. The van der Waals surface area contributed by atoms with Crippen molar-refractivity contribution in [1.29, 1.82) is 0 Å². The lowest BCUT2D eigenvalue weighted by atomic mass is 10.0. The molecule has 0 radical (unpaired) electrons. The first-order valence-electron chi connectivity index (χ1n) is 13.4. The number of carboxylic acids is 1. The molecule has 214 valence electrons. The molecule has 3 rings (SSSR count). The molecular formula is C29H38N6O5. The molecule has 2 aromatic carbocycles. The predicted octanol–water partition coefficient (Wildman–Crippen LogP) is 0.968. The number of nitrogens with one attached hydrogen (secondary N) is 4. The summed E-state index contributed by atoms with van der Waals surface area (Å²) in [5, 5.41) is 18.6. The smallest absolute Gasteiger partial charge is 0.326 e. The first-order valence-corrected chi connectivity index (χ1v) is 13.4. The largest absolute Gasteiger partial charge is 0.480 e. The average molecular weight is 551 g/mol. The van der Waals surface area contributed by atoms with Gasteiger partial charge in [-0.15, -0.1) is 0 Å². The van der Waals surface area contributed by atoms with Crippen molar-refractivity contribution in [3.8, 4) is 0 Å². The number of carbonyl (C=O) groups is 4. The zero-order chi connectivity index (χ0) is 29.1. The fraction of sp³-hybridized carbons (Fsp3) is 0.379. The maximum Gasteiger partial charge on any atom is 0.326 e. The van der Waals surface area contributed by atoms with E-state index in [1.807, 2.05) is 30.3 Å². The molecule has 0 bridgehead atoms. The standard InChI is InChI=1S/C29H38N6O5/c1-18(33-27(37)22(31)12-7-8-14-30)26(36)34-24(15-19-9-3-2-4-10-19)28(38)35-25(29(39)40)16-20-17-32-23-13-6-5-11-21(20)23/h2-6,9-11,13,17-18,22,24-25,32H,7-8,12,14-16,30-31H2,1H3,(H,33,37)(H,34,36)(H,35,38)(H,39,40). The molecule has 4 atom stereocenters. The van der Waals surface area contributed by atoms with E-state index < -0.39 is 47.9 Å². The molecule has 0 aliphatic carbocycles. The number of rotatable bonds is 15. The van der Waals surface area contributed by atoms with Gasteiger partial charge in [0.1, 0.15) is 18.1 Å².